The summed E-state index contributed by atoms with van der Waals surface area (Å²) < 4.78 is 57.0. The number of nitrogen functional groups attached to an aromatic ring is 1. The predicted octanol–water partition coefficient (Wildman–Crippen LogP) is 7.27. The van der Waals surface area contributed by atoms with Crippen molar-refractivity contribution in [3.05, 3.63) is 53.7 Å². The van der Waals surface area contributed by atoms with Gasteiger partial charge in [0.2, 0.25) is 0 Å². The zero-order chi connectivity index (χ0) is 40.2. The highest BCUT2D eigenvalue weighted by molar-refractivity contribution is 7.47. The van der Waals surface area contributed by atoms with Gasteiger partial charge in [-0.2, -0.15) is 10.4 Å². The molecule has 3 heterocycles. The van der Waals surface area contributed by atoms with Crippen molar-refractivity contribution in [2.45, 2.75) is 152 Å². The van der Waals surface area contributed by atoms with Crippen LogP contribution in [0.1, 0.15) is 128 Å². The molecule has 16 heteroatoms. The number of hydrogen-bond donors (Lipinski definition) is 4. The highest BCUT2D eigenvalue weighted by Crippen LogP contribution is 2.63. The van der Waals surface area contributed by atoms with Gasteiger partial charge >= 0.3 is 7.82 Å². The average Bonchev–Trinajstić information content (AvgIpc) is 3.41. The van der Waals surface area contributed by atoms with Gasteiger partial charge in [-0.1, -0.05) is 103 Å². The molecule has 0 bridgehead atoms. The SMILES string of the molecule is CCCCCCCCCCCCCCCCCCOC[C@H](COP(=O)(O)OC1[C@H]2O[C@@](C)(c3ccc4c(N)ncnn34)[C@H](O)[C@@]12O)Oc1cc(F)cc(C#N)c1. The Morgan fingerprint density at radius 2 is 1.62 bits per heavy atom. The van der Waals surface area contributed by atoms with Gasteiger partial charge in [0.1, 0.15) is 53.4 Å². The molecule has 1 aliphatic heterocycles. The van der Waals surface area contributed by atoms with Crippen LogP contribution in [-0.2, 0) is 28.7 Å². The van der Waals surface area contributed by atoms with E-state index in [1.807, 2.05) is 6.07 Å². The monoisotopic (exact) mass is 803 g/mol. The third kappa shape index (κ3) is 11.3. The van der Waals surface area contributed by atoms with Crippen LogP contribution in [0.4, 0.5) is 10.2 Å². The van der Waals surface area contributed by atoms with Crippen molar-refractivity contribution in [2.75, 3.05) is 25.6 Å². The quantitative estimate of drug-likeness (QED) is 0.0443. The van der Waals surface area contributed by atoms with Crippen LogP contribution < -0.4 is 10.5 Å². The summed E-state index contributed by atoms with van der Waals surface area (Å²) >= 11 is 0. The van der Waals surface area contributed by atoms with Crippen LogP contribution in [0.15, 0.2) is 36.7 Å². The number of anilines is 1. The minimum absolute atomic E-state index is 0.0154. The molecule has 1 saturated carbocycles. The zero-order valence-electron chi connectivity index (χ0n) is 32.7. The minimum Gasteiger partial charge on any atom is -0.485 e. The molecule has 2 fully saturated rings. The maximum atomic E-state index is 14.2. The second kappa shape index (κ2) is 20.5. The first-order valence-electron chi connectivity index (χ1n) is 20.2. The Kier molecular flexibility index (Phi) is 16.1. The smallest absolute Gasteiger partial charge is 0.472 e. The number of fused-ring (bicyclic) bond motifs is 2. The van der Waals surface area contributed by atoms with E-state index in [4.69, 9.17) is 29.0 Å². The topological polar surface area (TPSA) is 204 Å². The maximum Gasteiger partial charge on any atom is 0.472 e. The van der Waals surface area contributed by atoms with Crippen molar-refractivity contribution >= 4 is 19.2 Å². The molecule has 0 radical (unpaired) electrons. The molecule has 7 atom stereocenters. The van der Waals surface area contributed by atoms with Crippen LogP contribution in [0.3, 0.4) is 0 Å². The van der Waals surface area contributed by atoms with Gasteiger partial charge < -0.3 is 35.1 Å². The summed E-state index contributed by atoms with van der Waals surface area (Å²) in [7, 11) is -4.87. The van der Waals surface area contributed by atoms with Crippen LogP contribution in [-0.4, -0.2) is 79.5 Å². The van der Waals surface area contributed by atoms with E-state index < -0.39 is 55.9 Å². The minimum atomic E-state index is -4.87. The van der Waals surface area contributed by atoms with Gasteiger partial charge in [-0.15, -0.1) is 0 Å². The number of benzene rings is 1. The molecule has 2 aliphatic rings. The fourth-order valence-corrected chi connectivity index (χ4v) is 8.54. The van der Waals surface area contributed by atoms with Crippen LogP contribution >= 0.6 is 7.82 Å². The lowest BCUT2D eigenvalue weighted by molar-refractivity contribution is -0.126. The summed E-state index contributed by atoms with van der Waals surface area (Å²) in [4.78, 5) is 14.6. The molecular formula is C40H59FN5O9P. The van der Waals surface area contributed by atoms with Crippen molar-refractivity contribution in [1.29, 1.82) is 5.26 Å². The van der Waals surface area contributed by atoms with Crippen LogP contribution in [0.2, 0.25) is 0 Å². The summed E-state index contributed by atoms with van der Waals surface area (Å²) in [6, 6.07) is 8.64. The van der Waals surface area contributed by atoms with Gasteiger partial charge in [-0.3, -0.25) is 9.05 Å². The van der Waals surface area contributed by atoms with E-state index in [0.29, 0.717) is 17.8 Å². The Labute approximate surface area is 329 Å². The number of aromatic nitrogens is 3. The van der Waals surface area contributed by atoms with Crippen LogP contribution in [0.5, 0.6) is 5.75 Å². The number of nitrogens with two attached hydrogens (primary N) is 1. The van der Waals surface area contributed by atoms with E-state index in [-0.39, 0.29) is 23.7 Å². The lowest BCUT2D eigenvalue weighted by atomic mass is 9.91. The zero-order valence-corrected chi connectivity index (χ0v) is 33.6. The van der Waals surface area contributed by atoms with Crippen LogP contribution in [0, 0.1) is 17.1 Å². The first kappa shape index (κ1) is 43.9. The summed E-state index contributed by atoms with van der Waals surface area (Å²) in [6.45, 7) is 3.64. The number of ether oxygens (including phenoxy) is 3. The van der Waals surface area contributed by atoms with E-state index in [1.54, 1.807) is 19.1 Å². The van der Waals surface area contributed by atoms with Gasteiger partial charge in [-0.05, 0) is 37.6 Å². The number of phosphoric ester groups is 1. The molecule has 2 aromatic heterocycles. The third-order valence-corrected chi connectivity index (χ3v) is 11.8. The molecule has 5 N–H and O–H groups in total. The number of phosphoric acid groups is 1. The van der Waals surface area contributed by atoms with Gasteiger partial charge in [0.25, 0.3) is 0 Å². The Morgan fingerprint density at radius 3 is 2.21 bits per heavy atom. The second-order valence-electron chi connectivity index (χ2n) is 15.3. The molecule has 1 saturated heterocycles. The van der Waals surface area contributed by atoms with Gasteiger partial charge in [0.05, 0.1) is 30.5 Å². The first-order chi connectivity index (χ1) is 26.9. The second-order valence-corrected chi connectivity index (χ2v) is 16.7. The number of hydrogen-bond acceptors (Lipinski definition) is 12. The Morgan fingerprint density at radius 1 is 1.00 bits per heavy atom. The molecule has 0 amide bonds. The van der Waals surface area contributed by atoms with Gasteiger partial charge in [0.15, 0.2) is 11.4 Å². The molecule has 3 aromatic rings. The number of rotatable bonds is 27. The summed E-state index contributed by atoms with van der Waals surface area (Å²) in [5.41, 5.74) is 3.33. The molecule has 0 spiro atoms. The van der Waals surface area contributed by atoms with Gasteiger partial charge in [0, 0.05) is 12.7 Å². The fourth-order valence-electron chi connectivity index (χ4n) is 7.56. The van der Waals surface area contributed by atoms with E-state index in [1.165, 1.54) is 100 Å². The van der Waals surface area contributed by atoms with Crippen LogP contribution in [0.25, 0.3) is 5.52 Å². The molecule has 1 aromatic carbocycles. The van der Waals surface area contributed by atoms with E-state index in [0.717, 1.165) is 31.4 Å². The summed E-state index contributed by atoms with van der Waals surface area (Å²) in [5.74, 6) is -0.463. The summed E-state index contributed by atoms with van der Waals surface area (Å²) in [5, 5.41) is 36.1. The molecule has 1 aliphatic carbocycles. The van der Waals surface area contributed by atoms with E-state index >= 15 is 0 Å². The first-order valence-corrected chi connectivity index (χ1v) is 21.7. The number of aliphatic hydroxyl groups is 2. The highest BCUT2D eigenvalue weighted by Gasteiger charge is 2.82. The van der Waals surface area contributed by atoms with Gasteiger partial charge in [-0.25, -0.2) is 18.5 Å². The number of halogens is 1. The Bertz CT molecular complexity index is 1790. The molecule has 310 valence electrons. The maximum absolute atomic E-state index is 14.2. The third-order valence-electron chi connectivity index (χ3n) is 10.8. The Balaban J connectivity index is 1.03. The number of nitrogens with zero attached hydrogens (tertiary/aromatic N) is 4. The van der Waals surface area contributed by atoms with E-state index in [2.05, 4.69) is 17.0 Å². The number of aliphatic hydroxyl groups excluding tert-OH is 1. The highest BCUT2D eigenvalue weighted by atomic mass is 31.2. The lowest BCUT2D eigenvalue weighted by Crippen LogP contribution is -2.46. The predicted molar refractivity (Wildman–Crippen MR) is 207 cm³/mol. The van der Waals surface area contributed by atoms with Crippen molar-refractivity contribution in [1.82, 2.24) is 14.6 Å². The molecule has 14 nitrogen and oxygen atoms in total. The fraction of sp³-hybridized carbons (Fsp3) is 0.675. The lowest BCUT2D eigenvalue weighted by Gasteiger charge is -2.32. The van der Waals surface area contributed by atoms with Crippen molar-refractivity contribution in [3.63, 3.8) is 0 Å². The van der Waals surface area contributed by atoms with Crippen molar-refractivity contribution < 1.29 is 47.3 Å². The molecule has 5 rings (SSSR count). The molecule has 2 unspecified atom stereocenters. The number of unbranched alkanes of at least 4 members (excludes halogenated alkanes) is 15. The average molecular weight is 804 g/mol. The molecular weight excluding hydrogens is 744 g/mol. The standard InChI is InChI=1S/C40H59FN5O9P/c1-3-4-5-6-7-8-9-10-11-12-13-14-15-16-17-18-21-51-26-32(53-31-23-29(25-42)22-30(41)24-31)27-52-56(49,50)55-36-35-40(36,48)38(47)39(2,54-35)34-20-19-33-37(43)44-28-45-46(33)34/h19-20,22-24,28,32,35-36,38,47-48H,3-18,21,26-27H2,1-2H3,(H,49,50)(H2,43,44,45)/t32-,35-,36?,38+,39+,40+/m1/s1. The summed E-state index contributed by atoms with van der Waals surface area (Å²) in [6.07, 6.45) is 16.2. The largest absolute Gasteiger partial charge is 0.485 e. The number of nitriles is 1. The van der Waals surface area contributed by atoms with Crippen molar-refractivity contribution in [3.8, 4) is 11.8 Å². The molecule has 56 heavy (non-hydrogen) atoms. The Hall–Kier alpha value is -3.19. The van der Waals surface area contributed by atoms with E-state index in [9.17, 15) is 29.3 Å². The normalized spacial score (nSPS) is 24.5. The van der Waals surface area contributed by atoms with Crippen molar-refractivity contribution in [2.24, 2.45) is 0 Å².